The van der Waals surface area contributed by atoms with Gasteiger partial charge in [-0.25, -0.2) is 0 Å². The SMILES string of the molecule is CCN(CCNC(=NC)N1CCN(C(=O)C2CCCO2)CC1)c1cccc(C)c1. The number of amides is 1. The molecule has 0 spiro atoms. The van der Waals surface area contributed by atoms with Crippen molar-refractivity contribution in [1.82, 2.24) is 15.1 Å². The Morgan fingerprint density at radius 3 is 2.66 bits per heavy atom. The summed E-state index contributed by atoms with van der Waals surface area (Å²) in [5.74, 6) is 1.07. The Morgan fingerprint density at radius 1 is 1.28 bits per heavy atom. The maximum Gasteiger partial charge on any atom is 0.251 e. The number of carbonyl (C=O) groups excluding carboxylic acids is 1. The summed E-state index contributed by atoms with van der Waals surface area (Å²) in [6.07, 6.45) is 1.63. The maximum atomic E-state index is 12.5. The Kier molecular flexibility index (Phi) is 7.75. The zero-order valence-electron chi connectivity index (χ0n) is 18.1. The van der Waals surface area contributed by atoms with Gasteiger partial charge in [-0.15, -0.1) is 0 Å². The number of aliphatic imine (C=N–C) groups is 1. The van der Waals surface area contributed by atoms with Gasteiger partial charge in [-0.1, -0.05) is 12.1 Å². The van der Waals surface area contributed by atoms with E-state index in [4.69, 9.17) is 4.74 Å². The second-order valence-electron chi connectivity index (χ2n) is 7.71. The van der Waals surface area contributed by atoms with Crippen molar-refractivity contribution in [3.8, 4) is 0 Å². The van der Waals surface area contributed by atoms with E-state index in [1.165, 1.54) is 11.3 Å². The van der Waals surface area contributed by atoms with Crippen molar-refractivity contribution in [3.05, 3.63) is 29.8 Å². The number of hydrogen-bond acceptors (Lipinski definition) is 4. The second-order valence-corrected chi connectivity index (χ2v) is 7.71. The third kappa shape index (κ3) is 5.63. The van der Waals surface area contributed by atoms with Crippen molar-refractivity contribution in [2.75, 3.05) is 64.4 Å². The Hall–Kier alpha value is -2.28. The van der Waals surface area contributed by atoms with Crippen LogP contribution < -0.4 is 10.2 Å². The Balaban J connectivity index is 1.45. The van der Waals surface area contributed by atoms with Crippen LogP contribution in [-0.2, 0) is 9.53 Å². The molecule has 160 valence electrons. The van der Waals surface area contributed by atoms with Crippen molar-refractivity contribution >= 4 is 17.6 Å². The van der Waals surface area contributed by atoms with E-state index in [-0.39, 0.29) is 12.0 Å². The number of aryl methyl sites for hydroxylation is 1. The molecule has 2 heterocycles. The predicted molar refractivity (Wildman–Crippen MR) is 118 cm³/mol. The Bertz CT molecular complexity index is 694. The number of benzene rings is 1. The van der Waals surface area contributed by atoms with Crippen molar-refractivity contribution in [2.24, 2.45) is 4.99 Å². The molecule has 2 aliphatic heterocycles. The van der Waals surface area contributed by atoms with Gasteiger partial charge in [-0.05, 0) is 44.4 Å². The minimum Gasteiger partial charge on any atom is -0.370 e. The van der Waals surface area contributed by atoms with Crippen LogP contribution >= 0.6 is 0 Å². The van der Waals surface area contributed by atoms with E-state index in [0.29, 0.717) is 6.61 Å². The number of anilines is 1. The van der Waals surface area contributed by atoms with Gasteiger partial charge < -0.3 is 24.8 Å². The van der Waals surface area contributed by atoms with Gasteiger partial charge in [0.1, 0.15) is 6.10 Å². The molecule has 2 fully saturated rings. The Labute approximate surface area is 174 Å². The minimum absolute atomic E-state index is 0.154. The standard InChI is InChI=1S/C22H35N5O2/c1-4-25(19-8-5-7-18(2)17-19)11-10-24-22(23-3)27-14-12-26(13-15-27)21(28)20-9-6-16-29-20/h5,7-8,17,20H,4,6,9-16H2,1-3H3,(H,23,24). The first-order valence-corrected chi connectivity index (χ1v) is 10.8. The van der Waals surface area contributed by atoms with Crippen LogP contribution in [0, 0.1) is 6.92 Å². The molecular formula is C22H35N5O2. The van der Waals surface area contributed by atoms with Gasteiger partial charge in [-0.3, -0.25) is 9.79 Å². The molecule has 29 heavy (non-hydrogen) atoms. The lowest BCUT2D eigenvalue weighted by molar-refractivity contribution is -0.142. The van der Waals surface area contributed by atoms with Gasteiger partial charge in [0.25, 0.3) is 5.91 Å². The molecule has 1 atom stereocenters. The molecular weight excluding hydrogens is 366 g/mol. The summed E-state index contributed by atoms with van der Waals surface area (Å²) in [4.78, 5) is 23.5. The molecule has 0 radical (unpaired) electrons. The minimum atomic E-state index is -0.222. The molecule has 1 aromatic carbocycles. The highest BCUT2D eigenvalue weighted by molar-refractivity contribution is 5.82. The average Bonchev–Trinajstić information content (AvgIpc) is 3.29. The van der Waals surface area contributed by atoms with Crippen molar-refractivity contribution in [3.63, 3.8) is 0 Å². The quantitative estimate of drug-likeness (QED) is 0.581. The highest BCUT2D eigenvalue weighted by Crippen LogP contribution is 2.16. The fourth-order valence-electron chi connectivity index (χ4n) is 4.04. The number of nitrogens with zero attached hydrogens (tertiary/aromatic N) is 4. The summed E-state index contributed by atoms with van der Waals surface area (Å²) in [6, 6.07) is 8.62. The lowest BCUT2D eigenvalue weighted by Crippen LogP contribution is -2.55. The molecule has 2 aliphatic rings. The molecule has 0 saturated carbocycles. The molecule has 0 bridgehead atoms. The number of likely N-dealkylation sites (N-methyl/N-ethyl adjacent to an activating group) is 1. The van der Waals surface area contributed by atoms with Crippen LogP contribution in [0.4, 0.5) is 5.69 Å². The molecule has 1 N–H and O–H groups in total. The summed E-state index contributed by atoms with van der Waals surface area (Å²) in [6.45, 7) is 10.8. The van der Waals surface area contributed by atoms with Crippen molar-refractivity contribution < 1.29 is 9.53 Å². The zero-order valence-corrected chi connectivity index (χ0v) is 18.1. The summed E-state index contributed by atoms with van der Waals surface area (Å²) in [5, 5.41) is 3.49. The van der Waals surface area contributed by atoms with Crippen LogP contribution in [-0.4, -0.2) is 87.2 Å². The molecule has 2 saturated heterocycles. The van der Waals surface area contributed by atoms with Crippen LogP contribution in [0.3, 0.4) is 0 Å². The van der Waals surface area contributed by atoms with Gasteiger partial charge in [0, 0.05) is 65.2 Å². The maximum absolute atomic E-state index is 12.5. The fraction of sp³-hybridized carbons (Fsp3) is 0.636. The van der Waals surface area contributed by atoms with Crippen LogP contribution in [0.1, 0.15) is 25.3 Å². The normalized spacial score (nSPS) is 20.1. The van der Waals surface area contributed by atoms with E-state index >= 15 is 0 Å². The number of nitrogens with one attached hydrogen (secondary N) is 1. The second kappa shape index (κ2) is 10.5. The van der Waals surface area contributed by atoms with Crippen LogP contribution in [0.5, 0.6) is 0 Å². The van der Waals surface area contributed by atoms with Gasteiger partial charge in [-0.2, -0.15) is 0 Å². The van der Waals surface area contributed by atoms with E-state index in [1.807, 2.05) is 11.9 Å². The van der Waals surface area contributed by atoms with Crippen molar-refractivity contribution in [2.45, 2.75) is 32.8 Å². The Morgan fingerprint density at radius 2 is 2.03 bits per heavy atom. The van der Waals surface area contributed by atoms with Gasteiger partial charge in [0.05, 0.1) is 0 Å². The number of ether oxygens (including phenoxy) is 1. The summed E-state index contributed by atoms with van der Waals surface area (Å²) >= 11 is 0. The van der Waals surface area contributed by atoms with Crippen LogP contribution in [0.15, 0.2) is 29.3 Å². The van der Waals surface area contributed by atoms with E-state index in [9.17, 15) is 4.79 Å². The monoisotopic (exact) mass is 401 g/mol. The van der Waals surface area contributed by atoms with Crippen molar-refractivity contribution in [1.29, 1.82) is 0 Å². The third-order valence-corrected chi connectivity index (χ3v) is 5.72. The van der Waals surface area contributed by atoms with Gasteiger partial charge in [0.15, 0.2) is 5.96 Å². The molecule has 7 nitrogen and oxygen atoms in total. The van der Waals surface area contributed by atoms with E-state index in [0.717, 1.165) is 64.6 Å². The number of carbonyl (C=O) groups is 1. The predicted octanol–water partition coefficient (Wildman–Crippen LogP) is 1.72. The van der Waals surface area contributed by atoms with E-state index in [1.54, 1.807) is 0 Å². The lowest BCUT2D eigenvalue weighted by Gasteiger charge is -2.37. The molecule has 0 aromatic heterocycles. The van der Waals surface area contributed by atoms with E-state index in [2.05, 4.69) is 58.2 Å². The number of hydrogen-bond donors (Lipinski definition) is 1. The number of piperazine rings is 1. The molecule has 1 amide bonds. The molecule has 1 unspecified atom stereocenters. The molecule has 7 heteroatoms. The smallest absolute Gasteiger partial charge is 0.251 e. The number of rotatable bonds is 6. The lowest BCUT2D eigenvalue weighted by atomic mass is 10.2. The average molecular weight is 402 g/mol. The first-order valence-electron chi connectivity index (χ1n) is 10.8. The summed E-state index contributed by atoms with van der Waals surface area (Å²) < 4.78 is 5.55. The molecule has 0 aliphatic carbocycles. The van der Waals surface area contributed by atoms with E-state index < -0.39 is 0 Å². The van der Waals surface area contributed by atoms with Crippen LogP contribution in [0.25, 0.3) is 0 Å². The fourth-order valence-corrected chi connectivity index (χ4v) is 4.04. The van der Waals surface area contributed by atoms with Gasteiger partial charge in [0.2, 0.25) is 0 Å². The topological polar surface area (TPSA) is 60.4 Å². The highest BCUT2D eigenvalue weighted by Gasteiger charge is 2.30. The zero-order chi connectivity index (χ0) is 20.6. The largest absolute Gasteiger partial charge is 0.370 e. The first kappa shape index (κ1) is 21.4. The van der Waals surface area contributed by atoms with Gasteiger partial charge >= 0.3 is 0 Å². The summed E-state index contributed by atoms with van der Waals surface area (Å²) in [7, 11) is 1.82. The first-order chi connectivity index (χ1) is 14.1. The number of guanidine groups is 1. The highest BCUT2D eigenvalue weighted by atomic mass is 16.5. The summed E-state index contributed by atoms with van der Waals surface area (Å²) in [5.41, 5.74) is 2.53. The molecule has 1 aromatic rings. The third-order valence-electron chi connectivity index (χ3n) is 5.72. The van der Waals surface area contributed by atoms with Crippen LogP contribution in [0.2, 0.25) is 0 Å². The molecule has 3 rings (SSSR count).